The van der Waals surface area contributed by atoms with Crippen LogP contribution in [0.4, 0.5) is 0 Å². The van der Waals surface area contributed by atoms with Gasteiger partial charge >= 0.3 is 0 Å². The lowest BCUT2D eigenvalue weighted by Gasteiger charge is -2.16. The predicted octanol–water partition coefficient (Wildman–Crippen LogP) is 1.08. The topological polar surface area (TPSA) is 64.9 Å². The fraction of sp³-hybridized carbons (Fsp3) is 0.385. The number of carbonyl (C=O) groups excluding carboxylic acids is 1. The minimum atomic E-state index is -0.372. The van der Waals surface area contributed by atoms with Crippen molar-refractivity contribution in [2.45, 2.75) is 13.0 Å². The van der Waals surface area contributed by atoms with Gasteiger partial charge in [0.15, 0.2) is 0 Å². The zero-order chi connectivity index (χ0) is 13.2. The van der Waals surface area contributed by atoms with Gasteiger partial charge in [0.25, 0.3) is 5.91 Å². The van der Waals surface area contributed by atoms with Crippen LogP contribution >= 0.6 is 0 Å². The van der Waals surface area contributed by atoms with E-state index in [-0.39, 0.29) is 5.91 Å². The molecule has 1 aromatic rings. The first kappa shape index (κ1) is 14.2. The Kier molecular flexibility index (Phi) is 6.50. The molecule has 0 aliphatic carbocycles. The van der Waals surface area contributed by atoms with E-state index in [1.807, 2.05) is 25.2 Å². The highest BCUT2D eigenvalue weighted by Gasteiger charge is 2.00. The first-order valence-corrected chi connectivity index (χ1v) is 5.90. The van der Waals surface area contributed by atoms with Gasteiger partial charge in [-0.2, -0.15) is 0 Å². The quantitative estimate of drug-likeness (QED) is 0.329. The van der Waals surface area contributed by atoms with Crippen LogP contribution in [-0.4, -0.2) is 42.4 Å². The van der Waals surface area contributed by atoms with Gasteiger partial charge in [0.2, 0.25) is 0 Å². The highest BCUT2D eigenvalue weighted by molar-refractivity contribution is 6.25. The fourth-order valence-electron chi connectivity index (χ4n) is 1.63. The summed E-state index contributed by atoms with van der Waals surface area (Å²) in [7, 11) is 2.05. The van der Waals surface area contributed by atoms with E-state index in [0.717, 1.165) is 25.7 Å². The van der Waals surface area contributed by atoms with E-state index < -0.39 is 0 Å². The molecule has 98 valence electrons. The minimum absolute atomic E-state index is 0.372. The summed E-state index contributed by atoms with van der Waals surface area (Å²) in [5.41, 5.74) is 1.27. The van der Waals surface area contributed by atoms with Crippen molar-refractivity contribution < 1.29 is 10.0 Å². The van der Waals surface area contributed by atoms with E-state index in [2.05, 4.69) is 27.5 Å². The second kappa shape index (κ2) is 8.25. The molecule has 1 rings (SSSR count). The highest BCUT2D eigenvalue weighted by Crippen LogP contribution is 2.02. The maximum absolute atomic E-state index is 10.9. The third-order valence-corrected chi connectivity index (χ3v) is 2.49. The van der Waals surface area contributed by atoms with Crippen molar-refractivity contribution in [1.82, 2.24) is 10.2 Å². The maximum atomic E-state index is 10.9. The van der Waals surface area contributed by atoms with Gasteiger partial charge in [-0.05, 0) is 25.6 Å². The summed E-state index contributed by atoms with van der Waals surface area (Å²) < 4.78 is 0. The van der Waals surface area contributed by atoms with Gasteiger partial charge in [-0.3, -0.25) is 4.79 Å². The van der Waals surface area contributed by atoms with Crippen molar-refractivity contribution in [1.29, 1.82) is 0 Å². The molecule has 0 unspecified atom stereocenters. The molecule has 0 saturated carbocycles. The second-order valence-corrected chi connectivity index (χ2v) is 4.11. The van der Waals surface area contributed by atoms with Gasteiger partial charge in [-0.25, -0.2) is 0 Å². The van der Waals surface area contributed by atoms with Crippen molar-refractivity contribution in [3.8, 4) is 0 Å². The van der Waals surface area contributed by atoms with Crippen LogP contribution in [-0.2, 0) is 11.3 Å². The third kappa shape index (κ3) is 6.00. The van der Waals surface area contributed by atoms with Crippen molar-refractivity contribution >= 4 is 12.1 Å². The Morgan fingerprint density at radius 2 is 2.17 bits per heavy atom. The summed E-state index contributed by atoms with van der Waals surface area (Å²) in [4.78, 5) is 13.1. The molecule has 0 radical (unpaired) electrons. The van der Waals surface area contributed by atoms with Crippen LogP contribution < -0.4 is 5.32 Å². The number of hydrogen-bond acceptors (Lipinski definition) is 4. The minimum Gasteiger partial charge on any atom is -0.411 e. The van der Waals surface area contributed by atoms with Gasteiger partial charge in [-0.15, -0.1) is 0 Å². The number of carbonyl (C=O) groups is 1. The van der Waals surface area contributed by atoms with E-state index in [4.69, 9.17) is 5.21 Å². The summed E-state index contributed by atoms with van der Waals surface area (Å²) in [5.74, 6) is -0.372. The molecule has 0 aliphatic heterocycles. The number of oxime groups is 1. The molecule has 0 spiro atoms. The van der Waals surface area contributed by atoms with Crippen LogP contribution in [0.3, 0.4) is 0 Å². The zero-order valence-electron chi connectivity index (χ0n) is 10.5. The molecule has 0 saturated heterocycles. The van der Waals surface area contributed by atoms with Crippen molar-refractivity contribution in [2.75, 3.05) is 20.1 Å². The molecule has 18 heavy (non-hydrogen) atoms. The van der Waals surface area contributed by atoms with Crippen molar-refractivity contribution in [2.24, 2.45) is 5.16 Å². The predicted molar refractivity (Wildman–Crippen MR) is 70.7 cm³/mol. The van der Waals surface area contributed by atoms with Gasteiger partial charge in [-0.1, -0.05) is 35.5 Å². The molecule has 0 atom stereocenters. The first-order chi connectivity index (χ1) is 8.72. The lowest BCUT2D eigenvalue weighted by Crippen LogP contribution is -2.28. The van der Waals surface area contributed by atoms with E-state index in [1.165, 1.54) is 5.56 Å². The van der Waals surface area contributed by atoms with Crippen LogP contribution in [0.1, 0.15) is 12.0 Å². The second-order valence-electron chi connectivity index (χ2n) is 4.11. The number of amides is 1. The monoisotopic (exact) mass is 249 g/mol. The lowest BCUT2D eigenvalue weighted by molar-refractivity contribution is -0.114. The standard InChI is InChI=1S/C13H19N3O2/c1-16(11-12-6-3-2-4-7-12)9-5-8-14-13(17)10-15-18/h2-4,6-7,10,18H,5,8-9,11H2,1H3,(H,14,17)/b15-10-. The summed E-state index contributed by atoms with van der Waals surface area (Å²) in [6, 6.07) is 10.2. The zero-order valence-corrected chi connectivity index (χ0v) is 10.5. The Balaban J connectivity index is 2.14. The van der Waals surface area contributed by atoms with Crippen LogP contribution in [0.5, 0.6) is 0 Å². The number of benzene rings is 1. The van der Waals surface area contributed by atoms with E-state index in [9.17, 15) is 4.79 Å². The third-order valence-electron chi connectivity index (χ3n) is 2.49. The Labute approximate surface area is 107 Å². The molecule has 5 nitrogen and oxygen atoms in total. The average Bonchev–Trinajstić information content (AvgIpc) is 2.36. The molecular weight excluding hydrogens is 230 g/mol. The van der Waals surface area contributed by atoms with Crippen LogP contribution in [0, 0.1) is 0 Å². The number of nitrogens with zero attached hydrogens (tertiary/aromatic N) is 2. The largest absolute Gasteiger partial charge is 0.411 e. The van der Waals surface area contributed by atoms with E-state index in [1.54, 1.807) is 0 Å². The van der Waals surface area contributed by atoms with Gasteiger partial charge in [0.05, 0.1) is 0 Å². The smallest absolute Gasteiger partial charge is 0.265 e. The number of hydrogen-bond donors (Lipinski definition) is 2. The fourth-order valence-corrected chi connectivity index (χ4v) is 1.63. The summed E-state index contributed by atoms with van der Waals surface area (Å²) >= 11 is 0. The van der Waals surface area contributed by atoms with Crippen molar-refractivity contribution in [3.05, 3.63) is 35.9 Å². The molecule has 5 heteroatoms. The Morgan fingerprint density at radius 1 is 1.44 bits per heavy atom. The number of nitrogens with one attached hydrogen (secondary N) is 1. The molecule has 0 aliphatic rings. The van der Waals surface area contributed by atoms with Crippen LogP contribution in [0.15, 0.2) is 35.5 Å². The van der Waals surface area contributed by atoms with Gasteiger partial charge in [0.1, 0.15) is 6.21 Å². The van der Waals surface area contributed by atoms with E-state index in [0.29, 0.717) is 6.54 Å². The van der Waals surface area contributed by atoms with Crippen molar-refractivity contribution in [3.63, 3.8) is 0 Å². The Bertz CT molecular complexity index is 379. The Hall–Kier alpha value is -1.88. The molecule has 1 amide bonds. The maximum Gasteiger partial charge on any atom is 0.265 e. The Morgan fingerprint density at radius 3 is 2.83 bits per heavy atom. The molecule has 0 aromatic heterocycles. The van der Waals surface area contributed by atoms with Gasteiger partial charge in [0, 0.05) is 13.1 Å². The molecular formula is C13H19N3O2. The summed E-state index contributed by atoms with van der Waals surface area (Å²) in [6.45, 7) is 2.36. The number of rotatable bonds is 7. The van der Waals surface area contributed by atoms with Crippen LogP contribution in [0.25, 0.3) is 0 Å². The highest BCUT2D eigenvalue weighted by atomic mass is 16.4. The average molecular weight is 249 g/mol. The molecule has 0 fully saturated rings. The molecule has 1 aromatic carbocycles. The van der Waals surface area contributed by atoms with E-state index >= 15 is 0 Å². The summed E-state index contributed by atoms with van der Waals surface area (Å²) in [6.07, 6.45) is 1.71. The molecule has 0 heterocycles. The molecule has 0 bridgehead atoms. The molecule has 2 N–H and O–H groups in total. The summed E-state index contributed by atoms with van der Waals surface area (Å²) in [5, 5.41) is 13.4. The SMILES string of the molecule is CN(CCCNC(=O)/C=N\O)Cc1ccccc1. The lowest BCUT2D eigenvalue weighted by atomic mass is 10.2. The normalized spacial score (nSPS) is 11.0. The van der Waals surface area contributed by atoms with Crippen LogP contribution in [0.2, 0.25) is 0 Å². The first-order valence-electron chi connectivity index (χ1n) is 5.90. The van der Waals surface area contributed by atoms with Gasteiger partial charge < -0.3 is 15.4 Å².